The van der Waals surface area contributed by atoms with Gasteiger partial charge in [-0.3, -0.25) is 14.4 Å². The summed E-state index contributed by atoms with van der Waals surface area (Å²) in [5.41, 5.74) is 0. The number of hydrogen-bond donors (Lipinski definition) is 0. The fourth-order valence-corrected chi connectivity index (χ4v) is 10.5. The maximum Gasteiger partial charge on any atom is 0.306 e. The Morgan fingerprint density at radius 3 is 0.735 bits per heavy atom. The predicted octanol–water partition coefficient (Wildman–Crippen LogP) is 25.0. The van der Waals surface area contributed by atoms with Gasteiger partial charge in [-0.15, -0.1) is 0 Å². The maximum atomic E-state index is 13.0. The summed E-state index contributed by atoms with van der Waals surface area (Å²) >= 11 is 0. The van der Waals surface area contributed by atoms with Gasteiger partial charge in [0.25, 0.3) is 0 Å². The van der Waals surface area contributed by atoms with Crippen LogP contribution in [0.2, 0.25) is 0 Å². The van der Waals surface area contributed by atoms with Crippen LogP contribution in [0.15, 0.2) is 85.1 Å². The smallest absolute Gasteiger partial charge is 0.306 e. The molecule has 0 fully saturated rings. The van der Waals surface area contributed by atoms with Crippen LogP contribution >= 0.6 is 0 Å². The fraction of sp³-hybridized carbons (Fsp3) is 0.779. The van der Waals surface area contributed by atoms with Crippen molar-refractivity contribution in [2.45, 2.75) is 374 Å². The minimum atomic E-state index is -0.781. The molecule has 83 heavy (non-hydrogen) atoms. The number of carbonyl (C=O) groups is 3. The third kappa shape index (κ3) is 69.3. The van der Waals surface area contributed by atoms with Crippen molar-refractivity contribution in [1.82, 2.24) is 0 Å². The standard InChI is InChI=1S/C77H136O6/c1-4-7-10-13-16-19-22-25-28-31-33-35-37-38-40-41-43-46-49-52-55-58-61-64-67-70-76(79)82-73-74(72-81-75(78)69-66-63-60-57-54-51-48-45-30-27-24-21-18-15-12-9-6-3)83-77(80)71-68-65-62-59-56-53-50-47-44-42-39-36-34-32-29-26-23-20-17-14-11-8-5-2/h7,10,16,19,23,25-26,28,32-35,38,40,74H,4-6,8-9,11-15,17-18,20-22,24,27,29-31,36-37,39,41-73H2,1-3H3/b10-7-,19-16-,26-23-,28-25-,34-32-,35-33-,40-38-. The number of esters is 3. The van der Waals surface area contributed by atoms with Crippen molar-refractivity contribution >= 4 is 17.9 Å². The summed E-state index contributed by atoms with van der Waals surface area (Å²) in [6.07, 6.45) is 94.6. The van der Waals surface area contributed by atoms with Gasteiger partial charge in [-0.25, -0.2) is 0 Å². The second-order valence-corrected chi connectivity index (χ2v) is 24.1. The van der Waals surface area contributed by atoms with Crippen molar-refractivity contribution in [2.75, 3.05) is 13.2 Å². The van der Waals surface area contributed by atoms with E-state index in [2.05, 4.69) is 106 Å². The highest BCUT2D eigenvalue weighted by atomic mass is 16.6. The molecule has 480 valence electrons. The van der Waals surface area contributed by atoms with E-state index in [-0.39, 0.29) is 31.1 Å². The Morgan fingerprint density at radius 1 is 0.253 bits per heavy atom. The lowest BCUT2D eigenvalue weighted by Crippen LogP contribution is -2.30. The van der Waals surface area contributed by atoms with Crippen molar-refractivity contribution in [1.29, 1.82) is 0 Å². The molecule has 0 aromatic heterocycles. The molecule has 1 atom stereocenters. The van der Waals surface area contributed by atoms with Crippen molar-refractivity contribution in [3.8, 4) is 0 Å². The number of carbonyl (C=O) groups excluding carboxylic acids is 3. The summed E-state index contributed by atoms with van der Waals surface area (Å²) in [7, 11) is 0. The normalized spacial score (nSPS) is 12.6. The van der Waals surface area contributed by atoms with Crippen molar-refractivity contribution in [2.24, 2.45) is 0 Å². The van der Waals surface area contributed by atoms with Crippen LogP contribution in [0.4, 0.5) is 0 Å². The lowest BCUT2D eigenvalue weighted by atomic mass is 10.0. The van der Waals surface area contributed by atoms with Gasteiger partial charge >= 0.3 is 17.9 Å². The Morgan fingerprint density at radius 2 is 0.470 bits per heavy atom. The highest BCUT2D eigenvalue weighted by Gasteiger charge is 2.19. The number of allylic oxidation sites excluding steroid dienone is 14. The Kier molecular flexibility index (Phi) is 68.2. The van der Waals surface area contributed by atoms with E-state index >= 15 is 0 Å². The number of hydrogen-bond acceptors (Lipinski definition) is 6. The number of unbranched alkanes of at least 4 members (excludes halogenated alkanes) is 41. The van der Waals surface area contributed by atoms with Gasteiger partial charge in [0.05, 0.1) is 0 Å². The van der Waals surface area contributed by atoms with Crippen molar-refractivity contribution in [3.63, 3.8) is 0 Å². The average Bonchev–Trinajstić information content (AvgIpc) is 3.49. The van der Waals surface area contributed by atoms with E-state index in [4.69, 9.17) is 14.2 Å². The van der Waals surface area contributed by atoms with Gasteiger partial charge in [0, 0.05) is 19.3 Å². The lowest BCUT2D eigenvalue weighted by Gasteiger charge is -2.18. The molecule has 0 saturated heterocycles. The van der Waals surface area contributed by atoms with E-state index in [1.54, 1.807) is 0 Å². The molecule has 0 rings (SSSR count). The molecule has 0 spiro atoms. The molecule has 0 aliphatic heterocycles. The summed E-state index contributed by atoms with van der Waals surface area (Å²) in [5.74, 6) is -0.861. The number of ether oxygens (including phenoxy) is 3. The van der Waals surface area contributed by atoms with Crippen LogP contribution in [-0.4, -0.2) is 37.2 Å². The predicted molar refractivity (Wildman–Crippen MR) is 362 cm³/mol. The first kappa shape index (κ1) is 79.6. The largest absolute Gasteiger partial charge is 0.462 e. The molecule has 0 aliphatic carbocycles. The summed E-state index contributed by atoms with van der Waals surface area (Å²) in [6, 6.07) is 0. The lowest BCUT2D eigenvalue weighted by molar-refractivity contribution is -0.167. The monoisotopic (exact) mass is 1160 g/mol. The van der Waals surface area contributed by atoms with E-state index < -0.39 is 6.10 Å². The molecule has 0 heterocycles. The first-order valence-corrected chi connectivity index (χ1v) is 36.1. The SMILES string of the molecule is CC/C=C\C/C=C\C/C=C\C/C=C\C/C=C\CCCCCCCCCCCC(=O)OCC(COC(=O)CCCCCCCCCCCCCCCCCCC)OC(=O)CCCCCCCCCCCCC/C=C\C/C=C\CCCCCCC. The van der Waals surface area contributed by atoms with Crippen LogP contribution in [-0.2, 0) is 28.6 Å². The molecule has 0 N–H and O–H groups in total. The van der Waals surface area contributed by atoms with Gasteiger partial charge in [-0.1, -0.05) is 337 Å². The van der Waals surface area contributed by atoms with Crippen molar-refractivity contribution < 1.29 is 28.6 Å². The molecule has 0 amide bonds. The van der Waals surface area contributed by atoms with E-state index in [1.165, 1.54) is 225 Å². The third-order valence-corrected chi connectivity index (χ3v) is 15.9. The van der Waals surface area contributed by atoms with Gasteiger partial charge in [-0.2, -0.15) is 0 Å². The molecular formula is C77H136O6. The van der Waals surface area contributed by atoms with Gasteiger partial charge < -0.3 is 14.2 Å². The number of rotatable bonds is 66. The zero-order valence-corrected chi connectivity index (χ0v) is 55.2. The molecule has 0 aromatic carbocycles. The van der Waals surface area contributed by atoms with Crippen LogP contribution in [0.25, 0.3) is 0 Å². The van der Waals surface area contributed by atoms with Gasteiger partial charge in [0.1, 0.15) is 13.2 Å². The minimum absolute atomic E-state index is 0.0749. The van der Waals surface area contributed by atoms with Crippen LogP contribution in [0.5, 0.6) is 0 Å². The highest BCUT2D eigenvalue weighted by molar-refractivity contribution is 5.71. The van der Waals surface area contributed by atoms with E-state index in [0.717, 1.165) is 103 Å². The quantitative estimate of drug-likeness (QED) is 0.0261. The minimum Gasteiger partial charge on any atom is -0.462 e. The van der Waals surface area contributed by atoms with Gasteiger partial charge in [-0.05, 0) is 96.3 Å². The molecule has 0 bridgehead atoms. The molecule has 0 saturated carbocycles. The molecule has 0 radical (unpaired) electrons. The van der Waals surface area contributed by atoms with Crippen LogP contribution in [0.3, 0.4) is 0 Å². The second kappa shape index (κ2) is 71.1. The van der Waals surface area contributed by atoms with Crippen LogP contribution < -0.4 is 0 Å². The van der Waals surface area contributed by atoms with Crippen LogP contribution in [0, 0.1) is 0 Å². The van der Waals surface area contributed by atoms with E-state index in [1.807, 2.05) is 0 Å². The van der Waals surface area contributed by atoms with Gasteiger partial charge in [0.15, 0.2) is 6.10 Å². The average molecular weight is 1160 g/mol. The maximum absolute atomic E-state index is 13.0. The van der Waals surface area contributed by atoms with E-state index in [9.17, 15) is 14.4 Å². The molecule has 0 aliphatic rings. The highest BCUT2D eigenvalue weighted by Crippen LogP contribution is 2.18. The first-order valence-electron chi connectivity index (χ1n) is 36.1. The zero-order valence-electron chi connectivity index (χ0n) is 55.2. The summed E-state index contributed by atoms with van der Waals surface area (Å²) in [6.45, 7) is 6.57. The Bertz CT molecular complexity index is 1570. The molecule has 1 unspecified atom stereocenters. The Hall–Kier alpha value is -3.41. The van der Waals surface area contributed by atoms with Gasteiger partial charge in [0.2, 0.25) is 0 Å². The molecular weight excluding hydrogens is 1020 g/mol. The first-order chi connectivity index (χ1) is 41.0. The molecule has 6 heteroatoms. The second-order valence-electron chi connectivity index (χ2n) is 24.1. The van der Waals surface area contributed by atoms with Crippen LogP contribution in [0.1, 0.15) is 367 Å². The summed E-state index contributed by atoms with van der Waals surface area (Å²) < 4.78 is 17.0. The fourth-order valence-electron chi connectivity index (χ4n) is 10.5. The van der Waals surface area contributed by atoms with E-state index in [0.29, 0.717) is 19.3 Å². The van der Waals surface area contributed by atoms with Crippen molar-refractivity contribution in [3.05, 3.63) is 85.1 Å². The summed E-state index contributed by atoms with van der Waals surface area (Å²) in [4.78, 5) is 38.5. The Balaban J connectivity index is 4.35. The zero-order chi connectivity index (χ0) is 59.9. The third-order valence-electron chi connectivity index (χ3n) is 15.9. The topological polar surface area (TPSA) is 78.9 Å². The summed E-state index contributed by atoms with van der Waals surface area (Å²) in [5, 5.41) is 0. The molecule has 6 nitrogen and oxygen atoms in total. The molecule has 0 aromatic rings. The Labute approximate surface area is 515 Å².